The highest BCUT2D eigenvalue weighted by molar-refractivity contribution is 7.12. The molecule has 1 aliphatic heterocycles. The van der Waals surface area contributed by atoms with E-state index in [9.17, 15) is 9.90 Å². The zero-order valence-corrected chi connectivity index (χ0v) is 12.2. The number of urea groups is 1. The number of aliphatic hydroxyl groups is 1. The summed E-state index contributed by atoms with van der Waals surface area (Å²) in [6.07, 6.45) is -0.609. The first-order chi connectivity index (χ1) is 9.54. The minimum absolute atomic E-state index is 0.0975. The molecule has 0 radical (unpaired) electrons. The number of benzene rings is 1. The highest BCUT2D eigenvalue weighted by atomic mass is 32.1. The van der Waals surface area contributed by atoms with Gasteiger partial charge < -0.3 is 15.3 Å². The predicted molar refractivity (Wildman–Crippen MR) is 80.0 cm³/mol. The maximum atomic E-state index is 11.6. The predicted octanol–water partition coefficient (Wildman–Crippen LogP) is 3.12. The Balaban J connectivity index is 1.92. The summed E-state index contributed by atoms with van der Waals surface area (Å²) in [6.45, 7) is 2.59. The van der Waals surface area contributed by atoms with Crippen molar-refractivity contribution in [3.63, 3.8) is 0 Å². The van der Waals surface area contributed by atoms with Gasteiger partial charge in [0.25, 0.3) is 0 Å². The van der Waals surface area contributed by atoms with E-state index >= 15 is 0 Å². The quantitative estimate of drug-likeness (QED) is 0.892. The highest BCUT2D eigenvalue weighted by Crippen LogP contribution is 2.31. The van der Waals surface area contributed by atoms with Crippen LogP contribution in [0.15, 0.2) is 30.3 Å². The smallest absolute Gasteiger partial charge is 0.321 e. The molecule has 20 heavy (non-hydrogen) atoms. The zero-order chi connectivity index (χ0) is 14.3. The van der Waals surface area contributed by atoms with Crippen LogP contribution in [0.3, 0.4) is 0 Å². The molecule has 2 N–H and O–H groups in total. The second-order valence-electron chi connectivity index (χ2n) is 5.05. The number of carbonyl (C=O) groups is 1. The van der Waals surface area contributed by atoms with Crippen LogP contribution in [-0.4, -0.2) is 23.1 Å². The summed E-state index contributed by atoms with van der Waals surface area (Å²) in [6, 6.07) is 9.56. The molecule has 2 heterocycles. The molecule has 4 nitrogen and oxygen atoms in total. The molecule has 0 bridgehead atoms. The van der Waals surface area contributed by atoms with Crippen LogP contribution in [0.1, 0.15) is 27.0 Å². The first-order valence-electron chi connectivity index (χ1n) is 6.44. The Hall–Kier alpha value is -1.85. The molecule has 1 aliphatic rings. The van der Waals surface area contributed by atoms with Gasteiger partial charge in [0.05, 0.1) is 0 Å². The Morgan fingerprint density at radius 2 is 2.15 bits per heavy atom. The van der Waals surface area contributed by atoms with E-state index in [-0.39, 0.29) is 6.03 Å². The summed E-state index contributed by atoms with van der Waals surface area (Å²) in [5.41, 5.74) is 2.71. The fraction of sp³-hybridized carbons (Fsp3) is 0.267. The number of hydrogen-bond acceptors (Lipinski definition) is 3. The number of fused-ring (bicyclic) bond motifs is 1. The lowest BCUT2D eigenvalue weighted by Crippen LogP contribution is -2.35. The van der Waals surface area contributed by atoms with Gasteiger partial charge in [-0.3, -0.25) is 0 Å². The van der Waals surface area contributed by atoms with Gasteiger partial charge in [-0.15, -0.1) is 11.3 Å². The Bertz CT molecular complexity index is 666. The second-order valence-corrected chi connectivity index (χ2v) is 6.37. The minimum Gasteiger partial charge on any atom is -0.383 e. The lowest BCUT2D eigenvalue weighted by atomic mass is 10.0. The van der Waals surface area contributed by atoms with Gasteiger partial charge in [0.2, 0.25) is 0 Å². The van der Waals surface area contributed by atoms with Crippen LogP contribution in [0.2, 0.25) is 0 Å². The van der Waals surface area contributed by atoms with Gasteiger partial charge in [0, 0.05) is 29.0 Å². The standard InChI is InChI=1S/C15H16N2O2S/c1-9-3-6-13(20-9)14(18)10-4-5-12-11(7-10)8-17(2)15(19)16-12/h3-7,14,18H,8H2,1-2H3,(H,16,19). The molecule has 2 amide bonds. The summed E-state index contributed by atoms with van der Waals surface area (Å²) < 4.78 is 0. The number of amides is 2. The number of thiophene rings is 1. The maximum absolute atomic E-state index is 11.6. The van der Waals surface area contributed by atoms with Crippen molar-refractivity contribution >= 4 is 23.1 Å². The van der Waals surface area contributed by atoms with Gasteiger partial charge >= 0.3 is 6.03 Å². The third-order valence-electron chi connectivity index (χ3n) is 3.47. The Kier molecular flexibility index (Phi) is 3.23. The molecule has 0 spiro atoms. The van der Waals surface area contributed by atoms with Gasteiger partial charge in [0.1, 0.15) is 6.10 Å². The van der Waals surface area contributed by atoms with Gasteiger partial charge in [-0.2, -0.15) is 0 Å². The van der Waals surface area contributed by atoms with Crippen LogP contribution >= 0.6 is 11.3 Å². The number of aliphatic hydroxyl groups excluding tert-OH is 1. The van der Waals surface area contributed by atoms with E-state index in [4.69, 9.17) is 0 Å². The molecule has 0 fully saturated rings. The van der Waals surface area contributed by atoms with Crippen LogP contribution in [-0.2, 0) is 6.54 Å². The largest absolute Gasteiger partial charge is 0.383 e. The fourth-order valence-corrected chi connectivity index (χ4v) is 3.23. The van der Waals surface area contributed by atoms with Gasteiger partial charge in [-0.05, 0) is 42.3 Å². The summed E-state index contributed by atoms with van der Waals surface area (Å²) in [5, 5.41) is 13.3. The molecule has 0 saturated heterocycles. The van der Waals surface area contributed by atoms with Gasteiger partial charge in [-0.25, -0.2) is 4.79 Å². The Morgan fingerprint density at radius 3 is 2.85 bits per heavy atom. The van der Waals surface area contributed by atoms with Crippen molar-refractivity contribution in [3.05, 3.63) is 51.2 Å². The summed E-state index contributed by atoms with van der Waals surface area (Å²) in [5.74, 6) is 0. The number of hydrogen-bond donors (Lipinski definition) is 2. The van der Waals surface area contributed by atoms with Crippen molar-refractivity contribution in [2.45, 2.75) is 19.6 Å². The van der Waals surface area contributed by atoms with Crippen LogP contribution < -0.4 is 5.32 Å². The molecule has 104 valence electrons. The van der Waals surface area contributed by atoms with Crippen molar-refractivity contribution < 1.29 is 9.90 Å². The molecule has 0 aliphatic carbocycles. The molecule has 1 aromatic carbocycles. The van der Waals surface area contributed by atoms with Crippen molar-refractivity contribution in [2.24, 2.45) is 0 Å². The van der Waals surface area contributed by atoms with Crippen molar-refractivity contribution in [1.82, 2.24) is 4.90 Å². The minimum atomic E-state index is -0.609. The number of carbonyl (C=O) groups excluding carboxylic acids is 1. The third kappa shape index (κ3) is 2.30. The molecular formula is C15H16N2O2S. The Morgan fingerprint density at radius 1 is 1.35 bits per heavy atom. The first-order valence-corrected chi connectivity index (χ1v) is 7.25. The number of nitrogens with zero attached hydrogens (tertiary/aromatic N) is 1. The van der Waals surface area contributed by atoms with Crippen LogP contribution in [0.5, 0.6) is 0 Å². The van der Waals surface area contributed by atoms with E-state index in [1.54, 1.807) is 23.3 Å². The summed E-state index contributed by atoms with van der Waals surface area (Å²) >= 11 is 1.60. The fourth-order valence-electron chi connectivity index (χ4n) is 2.34. The summed E-state index contributed by atoms with van der Waals surface area (Å²) in [4.78, 5) is 15.3. The molecule has 5 heteroatoms. The van der Waals surface area contributed by atoms with Gasteiger partial charge in [-0.1, -0.05) is 6.07 Å². The average Bonchev–Trinajstić information content (AvgIpc) is 2.85. The maximum Gasteiger partial charge on any atom is 0.321 e. The number of nitrogens with one attached hydrogen (secondary N) is 1. The normalized spacial score (nSPS) is 15.8. The van der Waals surface area contributed by atoms with Crippen LogP contribution in [0.4, 0.5) is 10.5 Å². The monoisotopic (exact) mass is 288 g/mol. The van der Waals surface area contributed by atoms with E-state index in [1.165, 1.54) is 4.88 Å². The van der Waals surface area contributed by atoms with E-state index < -0.39 is 6.10 Å². The van der Waals surface area contributed by atoms with E-state index in [1.807, 2.05) is 37.3 Å². The SMILES string of the molecule is Cc1ccc(C(O)c2ccc3c(c2)CN(C)C(=O)N3)s1. The van der Waals surface area contributed by atoms with E-state index in [0.29, 0.717) is 6.54 Å². The van der Waals surface area contributed by atoms with E-state index in [0.717, 1.165) is 21.7 Å². The molecule has 1 atom stereocenters. The number of anilines is 1. The van der Waals surface area contributed by atoms with Crippen molar-refractivity contribution in [2.75, 3.05) is 12.4 Å². The van der Waals surface area contributed by atoms with Crippen LogP contribution in [0.25, 0.3) is 0 Å². The molecule has 3 rings (SSSR count). The molecule has 1 aromatic heterocycles. The molecule has 1 unspecified atom stereocenters. The lowest BCUT2D eigenvalue weighted by Gasteiger charge is -2.26. The molecule has 2 aromatic rings. The first kappa shape index (κ1) is 13.1. The Labute approximate surface area is 121 Å². The zero-order valence-electron chi connectivity index (χ0n) is 11.4. The number of rotatable bonds is 2. The third-order valence-corrected chi connectivity index (χ3v) is 4.52. The van der Waals surface area contributed by atoms with Crippen molar-refractivity contribution in [1.29, 1.82) is 0 Å². The highest BCUT2D eigenvalue weighted by Gasteiger charge is 2.21. The summed E-state index contributed by atoms with van der Waals surface area (Å²) in [7, 11) is 1.75. The lowest BCUT2D eigenvalue weighted by molar-refractivity contribution is 0.217. The van der Waals surface area contributed by atoms with Crippen molar-refractivity contribution in [3.8, 4) is 0 Å². The van der Waals surface area contributed by atoms with Crippen LogP contribution in [0, 0.1) is 6.92 Å². The molecule has 0 saturated carbocycles. The molecular weight excluding hydrogens is 272 g/mol. The number of aryl methyl sites for hydroxylation is 1. The average molecular weight is 288 g/mol. The second kappa shape index (κ2) is 4.92. The van der Waals surface area contributed by atoms with Gasteiger partial charge in [0.15, 0.2) is 0 Å². The topological polar surface area (TPSA) is 52.6 Å². The van der Waals surface area contributed by atoms with E-state index in [2.05, 4.69) is 5.32 Å².